The highest BCUT2D eigenvalue weighted by Crippen LogP contribution is 2.26. The van der Waals surface area contributed by atoms with E-state index in [2.05, 4.69) is 5.43 Å². The third kappa shape index (κ3) is 4.16. The topological polar surface area (TPSA) is 84.7 Å². The zero-order chi connectivity index (χ0) is 16.0. The molecule has 0 aliphatic heterocycles. The number of likely N-dealkylation sites (N-methyl/N-ethyl adjacent to an activating group) is 1. The fourth-order valence-corrected chi connectivity index (χ4v) is 4.17. The Kier molecular flexibility index (Phi) is 6.60. The summed E-state index contributed by atoms with van der Waals surface area (Å²) in [7, 11) is -3.53. The molecule has 0 atom stereocenters. The smallest absolute Gasteiger partial charge is 0.243 e. The van der Waals surface area contributed by atoms with Crippen molar-refractivity contribution in [3.63, 3.8) is 0 Å². The molecule has 0 aliphatic rings. The van der Waals surface area contributed by atoms with E-state index in [0.29, 0.717) is 48.0 Å². The second kappa shape index (κ2) is 7.74. The molecule has 0 fully saturated rings. The van der Waals surface area contributed by atoms with E-state index in [9.17, 15) is 8.42 Å². The summed E-state index contributed by atoms with van der Waals surface area (Å²) in [6.07, 6.45) is 0. The van der Waals surface area contributed by atoms with Crippen LogP contribution < -0.4 is 11.3 Å². The number of nitrogens with zero attached hydrogens (tertiary/aromatic N) is 1. The number of nitrogens with two attached hydrogens (primary N) is 1. The molecule has 0 heterocycles. The van der Waals surface area contributed by atoms with Gasteiger partial charge < -0.3 is 10.2 Å². The van der Waals surface area contributed by atoms with Crippen molar-refractivity contribution in [2.75, 3.05) is 31.7 Å². The molecular weight excluding hydrogens is 290 g/mol. The fraction of sp³-hybridized carbons (Fsp3) is 0.571. The number of ether oxygens (including phenoxy) is 1. The molecule has 0 saturated carbocycles. The van der Waals surface area contributed by atoms with Gasteiger partial charge in [0.1, 0.15) is 0 Å². The number of hydrazine groups is 1. The molecule has 0 radical (unpaired) electrons. The Morgan fingerprint density at radius 1 is 1.24 bits per heavy atom. The molecule has 6 nitrogen and oxygen atoms in total. The summed E-state index contributed by atoms with van der Waals surface area (Å²) in [6, 6.07) is 3.46. The number of hydrogen-bond donors (Lipinski definition) is 2. The summed E-state index contributed by atoms with van der Waals surface area (Å²) < 4.78 is 32.3. The third-order valence-corrected chi connectivity index (χ3v) is 5.55. The molecule has 0 aromatic heterocycles. The Morgan fingerprint density at radius 3 is 2.24 bits per heavy atom. The molecular formula is C14H25N3O3S. The van der Waals surface area contributed by atoms with Gasteiger partial charge in [0.05, 0.1) is 11.5 Å². The molecule has 21 heavy (non-hydrogen) atoms. The van der Waals surface area contributed by atoms with Crippen LogP contribution in [-0.2, 0) is 14.8 Å². The lowest BCUT2D eigenvalue weighted by molar-refractivity contribution is 0.135. The van der Waals surface area contributed by atoms with Gasteiger partial charge in [-0.25, -0.2) is 8.42 Å². The normalized spacial score (nSPS) is 11.9. The lowest BCUT2D eigenvalue weighted by atomic mass is 10.1. The highest BCUT2D eigenvalue weighted by molar-refractivity contribution is 7.89. The van der Waals surface area contributed by atoms with Crippen LogP contribution in [0.3, 0.4) is 0 Å². The zero-order valence-electron chi connectivity index (χ0n) is 13.1. The summed E-state index contributed by atoms with van der Waals surface area (Å²) in [5, 5.41) is 0. The minimum Gasteiger partial charge on any atom is -0.380 e. The molecule has 0 spiro atoms. The standard InChI is InChI=1S/C14H25N3O3S/c1-5-17(7-8-20-6-2)21(18,19)14-11(3)9-13(16-15)10-12(14)4/h9-10,16H,5-8,15H2,1-4H3. The molecule has 0 aliphatic carbocycles. The van der Waals surface area contributed by atoms with Crippen molar-refractivity contribution in [1.29, 1.82) is 0 Å². The van der Waals surface area contributed by atoms with Crippen molar-refractivity contribution in [3.05, 3.63) is 23.3 Å². The van der Waals surface area contributed by atoms with Crippen LogP contribution in [0.1, 0.15) is 25.0 Å². The summed E-state index contributed by atoms with van der Waals surface area (Å²) in [5.74, 6) is 5.39. The van der Waals surface area contributed by atoms with E-state index < -0.39 is 10.0 Å². The maximum atomic E-state index is 12.8. The van der Waals surface area contributed by atoms with E-state index in [1.54, 1.807) is 26.0 Å². The van der Waals surface area contributed by atoms with Crippen LogP contribution in [0, 0.1) is 13.8 Å². The van der Waals surface area contributed by atoms with Gasteiger partial charge in [-0.3, -0.25) is 5.84 Å². The van der Waals surface area contributed by atoms with E-state index in [0.717, 1.165) is 0 Å². The molecule has 3 N–H and O–H groups in total. The minimum absolute atomic E-state index is 0.347. The van der Waals surface area contributed by atoms with Gasteiger partial charge in [-0.05, 0) is 44.0 Å². The number of aryl methyl sites for hydroxylation is 2. The first kappa shape index (κ1) is 17.9. The molecule has 0 saturated heterocycles. The molecule has 1 aromatic carbocycles. The van der Waals surface area contributed by atoms with Crippen LogP contribution in [0.5, 0.6) is 0 Å². The van der Waals surface area contributed by atoms with E-state index in [1.165, 1.54) is 4.31 Å². The van der Waals surface area contributed by atoms with Crippen molar-refractivity contribution >= 4 is 15.7 Å². The average Bonchev–Trinajstić information content (AvgIpc) is 2.42. The Balaban J connectivity index is 3.17. The molecule has 0 bridgehead atoms. The van der Waals surface area contributed by atoms with E-state index in [-0.39, 0.29) is 0 Å². The predicted molar refractivity (Wildman–Crippen MR) is 84.7 cm³/mol. The average molecular weight is 315 g/mol. The Hall–Kier alpha value is -1.15. The van der Waals surface area contributed by atoms with Gasteiger partial charge in [-0.2, -0.15) is 4.31 Å². The van der Waals surface area contributed by atoms with Gasteiger partial charge in [-0.1, -0.05) is 6.92 Å². The quantitative estimate of drug-likeness (QED) is 0.433. The number of nitrogens with one attached hydrogen (secondary N) is 1. The Morgan fingerprint density at radius 2 is 1.81 bits per heavy atom. The Labute approximate surface area is 127 Å². The van der Waals surface area contributed by atoms with Crippen molar-refractivity contribution in [3.8, 4) is 0 Å². The van der Waals surface area contributed by atoms with Crippen LogP contribution in [0.4, 0.5) is 5.69 Å². The first-order chi connectivity index (χ1) is 9.88. The van der Waals surface area contributed by atoms with Gasteiger partial charge in [0, 0.05) is 25.4 Å². The van der Waals surface area contributed by atoms with Crippen LogP contribution in [0.15, 0.2) is 17.0 Å². The predicted octanol–water partition coefficient (Wildman–Crippen LogP) is 1.64. The van der Waals surface area contributed by atoms with Gasteiger partial charge in [0.15, 0.2) is 0 Å². The summed E-state index contributed by atoms with van der Waals surface area (Å²) in [6.45, 7) is 8.99. The number of rotatable bonds is 8. The molecule has 7 heteroatoms. The first-order valence-electron chi connectivity index (χ1n) is 7.04. The van der Waals surface area contributed by atoms with Crippen molar-refractivity contribution < 1.29 is 13.2 Å². The number of anilines is 1. The van der Waals surface area contributed by atoms with Crippen LogP contribution in [0.25, 0.3) is 0 Å². The van der Waals surface area contributed by atoms with Crippen molar-refractivity contribution in [1.82, 2.24) is 4.31 Å². The van der Waals surface area contributed by atoms with Crippen molar-refractivity contribution in [2.24, 2.45) is 5.84 Å². The van der Waals surface area contributed by atoms with Crippen molar-refractivity contribution in [2.45, 2.75) is 32.6 Å². The van der Waals surface area contributed by atoms with Gasteiger partial charge in [0.2, 0.25) is 10.0 Å². The first-order valence-corrected chi connectivity index (χ1v) is 8.48. The van der Waals surface area contributed by atoms with Gasteiger partial charge in [-0.15, -0.1) is 0 Å². The Bertz CT molecular complexity index is 550. The van der Waals surface area contributed by atoms with Crippen LogP contribution in [-0.4, -0.2) is 39.0 Å². The van der Waals surface area contributed by atoms with E-state index in [1.807, 2.05) is 13.8 Å². The van der Waals surface area contributed by atoms with Crippen LogP contribution >= 0.6 is 0 Å². The summed E-state index contributed by atoms with van der Waals surface area (Å²) in [4.78, 5) is 0.347. The zero-order valence-corrected chi connectivity index (χ0v) is 14.0. The monoisotopic (exact) mass is 315 g/mol. The second-order valence-electron chi connectivity index (χ2n) is 4.78. The largest absolute Gasteiger partial charge is 0.380 e. The highest BCUT2D eigenvalue weighted by atomic mass is 32.2. The number of nitrogen functional groups attached to an aromatic ring is 1. The maximum absolute atomic E-state index is 12.8. The third-order valence-electron chi connectivity index (χ3n) is 3.27. The number of hydrogen-bond acceptors (Lipinski definition) is 5. The molecule has 0 unspecified atom stereocenters. The molecule has 1 rings (SSSR count). The lowest BCUT2D eigenvalue weighted by Crippen LogP contribution is -2.34. The molecule has 1 aromatic rings. The number of sulfonamides is 1. The summed E-state index contributed by atoms with van der Waals surface area (Å²) >= 11 is 0. The lowest BCUT2D eigenvalue weighted by Gasteiger charge is -2.23. The fourth-order valence-electron chi connectivity index (χ4n) is 2.33. The highest BCUT2D eigenvalue weighted by Gasteiger charge is 2.26. The minimum atomic E-state index is -3.53. The molecule has 0 amide bonds. The van der Waals surface area contributed by atoms with Gasteiger partial charge >= 0.3 is 0 Å². The molecule has 120 valence electrons. The number of benzene rings is 1. The van der Waals surface area contributed by atoms with E-state index in [4.69, 9.17) is 10.6 Å². The summed E-state index contributed by atoms with van der Waals surface area (Å²) in [5.41, 5.74) is 4.60. The maximum Gasteiger partial charge on any atom is 0.243 e. The SMILES string of the molecule is CCOCCN(CC)S(=O)(=O)c1c(C)cc(NN)cc1C. The van der Waals surface area contributed by atoms with E-state index >= 15 is 0 Å². The van der Waals surface area contributed by atoms with Gasteiger partial charge in [0.25, 0.3) is 0 Å². The van der Waals surface area contributed by atoms with Crippen LogP contribution in [0.2, 0.25) is 0 Å². The second-order valence-corrected chi connectivity index (χ2v) is 6.65.